The largest absolute Gasteiger partial charge is 0.463 e. The first kappa shape index (κ1) is 24.4. The van der Waals surface area contributed by atoms with Crippen LogP contribution in [0.2, 0.25) is 0 Å². The molecular formula is C23H28N4O5S2. The van der Waals surface area contributed by atoms with Gasteiger partial charge in [0.1, 0.15) is 0 Å². The highest BCUT2D eigenvalue weighted by atomic mass is 32.2. The van der Waals surface area contributed by atoms with Gasteiger partial charge in [-0.3, -0.25) is 9.80 Å². The molecule has 0 spiro atoms. The summed E-state index contributed by atoms with van der Waals surface area (Å²) in [6.45, 7) is 3.90. The monoisotopic (exact) mass is 504 g/mol. The minimum atomic E-state index is -3.56. The summed E-state index contributed by atoms with van der Waals surface area (Å²) in [5.74, 6) is -0.467. The van der Waals surface area contributed by atoms with Crippen LogP contribution in [-0.2, 0) is 19.6 Å². The summed E-state index contributed by atoms with van der Waals surface area (Å²) in [4.78, 5) is 29.5. The van der Waals surface area contributed by atoms with Crippen molar-refractivity contribution in [1.29, 1.82) is 0 Å². The summed E-state index contributed by atoms with van der Waals surface area (Å²) in [6, 6.07) is 9.38. The van der Waals surface area contributed by atoms with Gasteiger partial charge in [0.15, 0.2) is 0 Å². The molecule has 1 aromatic heterocycles. The zero-order valence-corrected chi connectivity index (χ0v) is 20.8. The van der Waals surface area contributed by atoms with Crippen LogP contribution in [0.15, 0.2) is 63.3 Å². The van der Waals surface area contributed by atoms with Crippen LogP contribution in [0.3, 0.4) is 0 Å². The van der Waals surface area contributed by atoms with Gasteiger partial charge in [-0.25, -0.2) is 18.0 Å². The number of nitrogens with zero attached hydrogens (tertiary/aromatic N) is 3. The number of amides is 2. The van der Waals surface area contributed by atoms with E-state index in [2.05, 4.69) is 10.2 Å². The van der Waals surface area contributed by atoms with E-state index in [0.29, 0.717) is 44.0 Å². The van der Waals surface area contributed by atoms with Gasteiger partial charge in [-0.1, -0.05) is 18.2 Å². The van der Waals surface area contributed by atoms with E-state index >= 15 is 0 Å². The Morgan fingerprint density at radius 2 is 1.85 bits per heavy atom. The molecule has 9 nitrogen and oxygen atoms in total. The van der Waals surface area contributed by atoms with E-state index in [1.807, 2.05) is 16.8 Å². The van der Waals surface area contributed by atoms with Crippen molar-refractivity contribution in [3.63, 3.8) is 0 Å². The molecule has 3 heterocycles. The third-order valence-electron chi connectivity index (χ3n) is 6.03. The van der Waals surface area contributed by atoms with E-state index < -0.39 is 22.0 Å². The Morgan fingerprint density at radius 1 is 1.15 bits per heavy atom. The quantitative estimate of drug-likeness (QED) is 0.581. The lowest BCUT2D eigenvalue weighted by molar-refractivity contribution is -0.139. The van der Waals surface area contributed by atoms with Crippen LogP contribution in [0.25, 0.3) is 0 Å². The fraction of sp³-hybridized carbons (Fsp3) is 0.391. The Bertz CT molecular complexity index is 1160. The molecule has 2 aliphatic rings. The van der Waals surface area contributed by atoms with E-state index in [-0.39, 0.29) is 17.5 Å². The van der Waals surface area contributed by atoms with Gasteiger partial charge < -0.3 is 10.1 Å². The van der Waals surface area contributed by atoms with Crippen LogP contribution >= 0.6 is 11.3 Å². The van der Waals surface area contributed by atoms with Crippen LogP contribution in [0, 0.1) is 0 Å². The Labute approximate surface area is 203 Å². The Hall–Kier alpha value is -2.73. The van der Waals surface area contributed by atoms with E-state index in [0.717, 1.165) is 5.56 Å². The minimum Gasteiger partial charge on any atom is -0.463 e. The molecule has 182 valence electrons. The molecule has 0 bridgehead atoms. The highest BCUT2D eigenvalue weighted by Crippen LogP contribution is 2.32. The number of ether oxygens (including phenoxy) is 1. The van der Waals surface area contributed by atoms with Gasteiger partial charge in [0, 0.05) is 45.5 Å². The number of sulfonamides is 1. The van der Waals surface area contributed by atoms with Crippen LogP contribution in [0.1, 0.15) is 18.5 Å². The van der Waals surface area contributed by atoms with Crippen LogP contribution in [-0.4, -0.2) is 80.9 Å². The lowest BCUT2D eigenvalue weighted by Gasteiger charge is -2.39. The molecular weight excluding hydrogens is 476 g/mol. The molecule has 2 aliphatic heterocycles. The molecule has 0 radical (unpaired) electrons. The number of nitrogens with one attached hydrogen (secondary N) is 1. The molecule has 4 rings (SSSR count). The molecule has 2 amide bonds. The highest BCUT2D eigenvalue weighted by Gasteiger charge is 2.38. The average molecular weight is 505 g/mol. The Morgan fingerprint density at radius 3 is 2.47 bits per heavy atom. The zero-order valence-electron chi connectivity index (χ0n) is 19.1. The summed E-state index contributed by atoms with van der Waals surface area (Å²) in [7, 11) is -1.93. The maximum Gasteiger partial charge on any atom is 0.338 e. The van der Waals surface area contributed by atoms with E-state index in [4.69, 9.17) is 4.74 Å². The highest BCUT2D eigenvalue weighted by molar-refractivity contribution is 7.89. The van der Waals surface area contributed by atoms with E-state index in [1.54, 1.807) is 44.3 Å². The number of benzene rings is 1. The third-order valence-corrected chi connectivity index (χ3v) is 8.65. The van der Waals surface area contributed by atoms with Crippen molar-refractivity contribution in [2.75, 3.05) is 46.4 Å². The minimum absolute atomic E-state index is 0.222. The molecule has 0 saturated carbocycles. The summed E-state index contributed by atoms with van der Waals surface area (Å²) in [6.07, 6.45) is 0. The van der Waals surface area contributed by atoms with Crippen molar-refractivity contribution in [1.82, 2.24) is 19.4 Å². The molecule has 11 heteroatoms. The molecule has 1 N–H and O–H groups in total. The van der Waals surface area contributed by atoms with Crippen molar-refractivity contribution in [3.05, 3.63) is 64.0 Å². The second-order valence-corrected chi connectivity index (χ2v) is 10.8. The standard InChI is InChI=1S/C23H28N4O5S2/c1-3-32-22(28)20-19(25(2)23(29)24-21(20)17-9-14-33-16-17)15-26-10-12-27(13-11-26)34(30,31)18-7-5-4-6-8-18/h4-9,14,16,21H,3,10-13,15H2,1-2H3,(H,24,29)/t21-/m1/s1. The lowest BCUT2D eigenvalue weighted by atomic mass is 9.96. The van der Waals surface area contributed by atoms with Gasteiger partial charge in [-0.15, -0.1) is 0 Å². The summed E-state index contributed by atoms with van der Waals surface area (Å²) in [5.41, 5.74) is 1.80. The third kappa shape index (κ3) is 4.88. The number of esters is 1. The number of urea groups is 1. The van der Waals surface area contributed by atoms with Gasteiger partial charge in [0.25, 0.3) is 0 Å². The SMILES string of the molecule is CCOC(=O)C1=C(CN2CCN(S(=O)(=O)c3ccccc3)CC2)N(C)C(=O)N[C@@H]1c1ccsc1. The molecule has 2 aromatic rings. The molecule has 1 saturated heterocycles. The van der Waals surface area contributed by atoms with Gasteiger partial charge in [0.05, 0.1) is 23.1 Å². The van der Waals surface area contributed by atoms with Crippen LogP contribution < -0.4 is 5.32 Å². The van der Waals surface area contributed by atoms with Crippen LogP contribution in [0.4, 0.5) is 4.79 Å². The van der Waals surface area contributed by atoms with Crippen LogP contribution in [0.5, 0.6) is 0 Å². The summed E-state index contributed by atoms with van der Waals surface area (Å²) in [5, 5.41) is 6.70. The number of likely N-dealkylation sites (N-methyl/N-ethyl adjacent to an activating group) is 1. The number of carbonyl (C=O) groups is 2. The average Bonchev–Trinajstić information content (AvgIpc) is 3.38. The molecule has 1 fully saturated rings. The Kier molecular flexibility index (Phi) is 7.36. The first-order valence-electron chi connectivity index (χ1n) is 11.1. The van der Waals surface area contributed by atoms with Crippen molar-refractivity contribution < 1.29 is 22.7 Å². The predicted molar refractivity (Wildman–Crippen MR) is 129 cm³/mol. The number of piperazine rings is 1. The second-order valence-electron chi connectivity index (χ2n) is 8.07. The summed E-state index contributed by atoms with van der Waals surface area (Å²) < 4.78 is 32.7. The van der Waals surface area contributed by atoms with Crippen molar-refractivity contribution in [3.8, 4) is 0 Å². The number of thiophene rings is 1. The number of hydrogen-bond donors (Lipinski definition) is 1. The van der Waals surface area contributed by atoms with E-state index in [9.17, 15) is 18.0 Å². The molecule has 34 heavy (non-hydrogen) atoms. The number of carbonyl (C=O) groups excluding carboxylic acids is 2. The smallest absolute Gasteiger partial charge is 0.338 e. The molecule has 0 unspecified atom stereocenters. The Balaban J connectivity index is 1.56. The first-order valence-corrected chi connectivity index (χ1v) is 13.4. The molecule has 1 aromatic carbocycles. The fourth-order valence-corrected chi connectivity index (χ4v) is 6.30. The van der Waals surface area contributed by atoms with Crippen molar-refractivity contribution in [2.24, 2.45) is 0 Å². The first-order chi connectivity index (χ1) is 16.3. The molecule has 1 atom stereocenters. The lowest BCUT2D eigenvalue weighted by Crippen LogP contribution is -2.52. The fourth-order valence-electron chi connectivity index (χ4n) is 4.17. The predicted octanol–water partition coefficient (Wildman–Crippen LogP) is 2.27. The zero-order chi connectivity index (χ0) is 24.3. The van der Waals surface area contributed by atoms with Gasteiger partial charge >= 0.3 is 12.0 Å². The second kappa shape index (κ2) is 10.3. The van der Waals surface area contributed by atoms with E-state index in [1.165, 1.54) is 20.5 Å². The normalized spacial score (nSPS) is 20.4. The van der Waals surface area contributed by atoms with Gasteiger partial charge in [-0.2, -0.15) is 15.6 Å². The van der Waals surface area contributed by atoms with Gasteiger partial charge in [0.2, 0.25) is 10.0 Å². The summed E-state index contributed by atoms with van der Waals surface area (Å²) >= 11 is 1.49. The number of rotatable bonds is 7. The maximum absolute atomic E-state index is 13.0. The van der Waals surface area contributed by atoms with Crippen molar-refractivity contribution in [2.45, 2.75) is 17.9 Å². The van der Waals surface area contributed by atoms with Gasteiger partial charge in [-0.05, 0) is 41.4 Å². The molecule has 0 aliphatic carbocycles. The van der Waals surface area contributed by atoms with Crippen molar-refractivity contribution >= 4 is 33.4 Å². The topological polar surface area (TPSA) is 99.3 Å². The number of hydrogen-bond acceptors (Lipinski definition) is 7. The maximum atomic E-state index is 13.0.